The molecule has 1 fully saturated rings. The molecule has 0 radical (unpaired) electrons. The average Bonchev–Trinajstić information content (AvgIpc) is 2.96. The number of thiazole rings is 1. The Balaban J connectivity index is 1.67. The van der Waals surface area contributed by atoms with E-state index in [9.17, 15) is 9.90 Å². The molecule has 3 rings (SSSR count). The van der Waals surface area contributed by atoms with Crippen LogP contribution in [0.2, 0.25) is 0 Å². The zero-order chi connectivity index (χ0) is 15.5. The molecule has 2 heterocycles. The van der Waals surface area contributed by atoms with E-state index in [2.05, 4.69) is 20.9 Å². The van der Waals surface area contributed by atoms with Crippen molar-refractivity contribution < 1.29 is 9.90 Å². The molecule has 0 spiro atoms. The number of carboxylic acid groups (broad SMARTS) is 1. The van der Waals surface area contributed by atoms with Gasteiger partial charge in [-0.05, 0) is 18.6 Å². The summed E-state index contributed by atoms with van der Waals surface area (Å²) in [6.07, 6.45) is 1.62. The van der Waals surface area contributed by atoms with Crippen LogP contribution >= 0.6 is 11.3 Å². The van der Waals surface area contributed by atoms with Crippen LogP contribution in [0.5, 0.6) is 0 Å². The number of para-hydroxylation sites is 1. The summed E-state index contributed by atoms with van der Waals surface area (Å²) in [5, 5.41) is 10.4. The summed E-state index contributed by atoms with van der Waals surface area (Å²) in [7, 11) is 0. The van der Waals surface area contributed by atoms with Crippen molar-refractivity contribution in [2.24, 2.45) is 0 Å². The molecule has 1 aromatic carbocycles. The van der Waals surface area contributed by atoms with Crippen molar-refractivity contribution in [3.8, 4) is 0 Å². The van der Waals surface area contributed by atoms with Crippen LogP contribution in [0.1, 0.15) is 19.8 Å². The van der Waals surface area contributed by atoms with Gasteiger partial charge < -0.3 is 10.0 Å². The molecule has 118 valence electrons. The standard InChI is InChI=1S/C16H21N3O2S/c1-2-5-13(15(20)21)18-8-10-19(11-9-18)16-17-12-6-3-4-7-14(12)22-16/h3-4,6-7,13H,2,5,8-11H2,1H3,(H,20,21). The van der Waals surface area contributed by atoms with E-state index in [-0.39, 0.29) is 6.04 Å². The number of nitrogens with zero attached hydrogens (tertiary/aromatic N) is 3. The van der Waals surface area contributed by atoms with Crippen LogP contribution in [-0.4, -0.2) is 53.2 Å². The van der Waals surface area contributed by atoms with Gasteiger partial charge in [-0.25, -0.2) is 4.98 Å². The fourth-order valence-corrected chi connectivity index (χ4v) is 3.97. The summed E-state index contributed by atoms with van der Waals surface area (Å²) >= 11 is 1.71. The van der Waals surface area contributed by atoms with Crippen LogP contribution in [-0.2, 0) is 4.79 Å². The van der Waals surface area contributed by atoms with Crippen LogP contribution in [0.15, 0.2) is 24.3 Å². The Morgan fingerprint density at radius 3 is 2.68 bits per heavy atom. The fraction of sp³-hybridized carbons (Fsp3) is 0.500. The van der Waals surface area contributed by atoms with E-state index in [4.69, 9.17) is 0 Å². The van der Waals surface area contributed by atoms with Gasteiger partial charge in [0.25, 0.3) is 0 Å². The maximum absolute atomic E-state index is 11.4. The molecule has 1 aliphatic rings. The summed E-state index contributed by atoms with van der Waals surface area (Å²) in [5.74, 6) is -0.699. The van der Waals surface area contributed by atoms with E-state index in [1.165, 1.54) is 4.70 Å². The lowest BCUT2D eigenvalue weighted by molar-refractivity contribution is -0.143. The maximum atomic E-state index is 11.4. The van der Waals surface area contributed by atoms with Gasteiger partial charge in [0.2, 0.25) is 0 Å². The highest BCUT2D eigenvalue weighted by molar-refractivity contribution is 7.22. The highest BCUT2D eigenvalue weighted by Crippen LogP contribution is 2.29. The van der Waals surface area contributed by atoms with Crippen molar-refractivity contribution >= 4 is 32.7 Å². The summed E-state index contributed by atoms with van der Waals surface area (Å²) in [5.41, 5.74) is 1.04. The van der Waals surface area contributed by atoms with E-state index in [0.717, 1.165) is 49.7 Å². The molecule has 5 nitrogen and oxygen atoms in total. The SMILES string of the molecule is CCCC(C(=O)O)N1CCN(c2nc3ccccc3s2)CC1. The minimum atomic E-state index is -0.699. The van der Waals surface area contributed by atoms with E-state index < -0.39 is 5.97 Å². The molecule has 0 saturated carbocycles. The number of carboxylic acids is 1. The summed E-state index contributed by atoms with van der Waals surface area (Å²) in [6, 6.07) is 7.82. The fourth-order valence-electron chi connectivity index (χ4n) is 2.96. The van der Waals surface area contributed by atoms with Crippen LogP contribution in [0.4, 0.5) is 5.13 Å². The number of hydrogen-bond acceptors (Lipinski definition) is 5. The zero-order valence-electron chi connectivity index (χ0n) is 12.7. The highest BCUT2D eigenvalue weighted by Gasteiger charge is 2.28. The van der Waals surface area contributed by atoms with Crippen LogP contribution in [0.3, 0.4) is 0 Å². The van der Waals surface area contributed by atoms with E-state index in [1.807, 2.05) is 25.1 Å². The topological polar surface area (TPSA) is 56.7 Å². The number of fused-ring (bicyclic) bond motifs is 1. The molecule has 0 aliphatic carbocycles. The van der Waals surface area contributed by atoms with Gasteiger partial charge in [0.15, 0.2) is 5.13 Å². The summed E-state index contributed by atoms with van der Waals surface area (Å²) in [6.45, 7) is 5.29. The molecular formula is C16H21N3O2S. The lowest BCUT2D eigenvalue weighted by Crippen LogP contribution is -2.52. The molecule has 1 aliphatic heterocycles. The van der Waals surface area contributed by atoms with Crippen molar-refractivity contribution in [2.45, 2.75) is 25.8 Å². The van der Waals surface area contributed by atoms with E-state index in [0.29, 0.717) is 0 Å². The van der Waals surface area contributed by atoms with Crippen molar-refractivity contribution in [3.05, 3.63) is 24.3 Å². The third kappa shape index (κ3) is 3.08. The number of aliphatic carboxylic acids is 1. The van der Waals surface area contributed by atoms with Crippen LogP contribution in [0.25, 0.3) is 10.2 Å². The quantitative estimate of drug-likeness (QED) is 0.918. The van der Waals surface area contributed by atoms with Gasteiger partial charge in [0.1, 0.15) is 6.04 Å². The number of benzene rings is 1. The number of hydrogen-bond donors (Lipinski definition) is 1. The first kappa shape index (κ1) is 15.2. The van der Waals surface area contributed by atoms with Crippen molar-refractivity contribution in [1.82, 2.24) is 9.88 Å². The van der Waals surface area contributed by atoms with Gasteiger partial charge in [0, 0.05) is 26.2 Å². The van der Waals surface area contributed by atoms with Gasteiger partial charge in [-0.1, -0.05) is 36.8 Å². The normalized spacial score (nSPS) is 17.8. The first-order valence-electron chi connectivity index (χ1n) is 7.76. The number of anilines is 1. The number of piperazine rings is 1. The largest absolute Gasteiger partial charge is 0.480 e. The Morgan fingerprint density at radius 1 is 1.32 bits per heavy atom. The minimum absolute atomic E-state index is 0.345. The molecular weight excluding hydrogens is 298 g/mol. The Morgan fingerprint density at radius 2 is 2.05 bits per heavy atom. The molecule has 1 N–H and O–H groups in total. The maximum Gasteiger partial charge on any atom is 0.320 e. The Kier molecular flexibility index (Phi) is 4.59. The minimum Gasteiger partial charge on any atom is -0.480 e. The zero-order valence-corrected chi connectivity index (χ0v) is 13.6. The Labute approximate surface area is 134 Å². The summed E-state index contributed by atoms with van der Waals surface area (Å²) < 4.78 is 1.20. The van der Waals surface area contributed by atoms with E-state index in [1.54, 1.807) is 11.3 Å². The number of carbonyl (C=O) groups is 1. The molecule has 22 heavy (non-hydrogen) atoms. The van der Waals surface area contributed by atoms with Gasteiger partial charge in [-0.2, -0.15) is 0 Å². The first-order valence-corrected chi connectivity index (χ1v) is 8.58. The average molecular weight is 319 g/mol. The van der Waals surface area contributed by atoms with Crippen molar-refractivity contribution in [2.75, 3.05) is 31.1 Å². The third-order valence-corrected chi connectivity index (χ3v) is 5.25. The monoisotopic (exact) mass is 319 g/mol. The lowest BCUT2D eigenvalue weighted by atomic mass is 10.1. The van der Waals surface area contributed by atoms with Gasteiger partial charge in [-0.3, -0.25) is 9.69 Å². The molecule has 0 amide bonds. The van der Waals surface area contributed by atoms with E-state index >= 15 is 0 Å². The highest BCUT2D eigenvalue weighted by atomic mass is 32.1. The molecule has 1 atom stereocenters. The Hall–Kier alpha value is -1.66. The van der Waals surface area contributed by atoms with Gasteiger partial charge in [-0.15, -0.1) is 0 Å². The molecule has 2 aromatic rings. The van der Waals surface area contributed by atoms with Gasteiger partial charge in [0.05, 0.1) is 10.2 Å². The lowest BCUT2D eigenvalue weighted by Gasteiger charge is -2.37. The van der Waals surface area contributed by atoms with Crippen LogP contribution in [0, 0.1) is 0 Å². The molecule has 1 saturated heterocycles. The number of aromatic nitrogens is 1. The molecule has 0 bridgehead atoms. The summed E-state index contributed by atoms with van der Waals surface area (Å²) in [4.78, 5) is 20.4. The second-order valence-corrected chi connectivity index (χ2v) is 6.64. The molecule has 1 aromatic heterocycles. The van der Waals surface area contributed by atoms with Gasteiger partial charge >= 0.3 is 5.97 Å². The molecule has 1 unspecified atom stereocenters. The second kappa shape index (κ2) is 6.62. The van der Waals surface area contributed by atoms with Crippen molar-refractivity contribution in [1.29, 1.82) is 0 Å². The van der Waals surface area contributed by atoms with Crippen molar-refractivity contribution in [3.63, 3.8) is 0 Å². The first-order chi connectivity index (χ1) is 10.7. The third-order valence-electron chi connectivity index (χ3n) is 4.16. The smallest absolute Gasteiger partial charge is 0.320 e. The predicted octanol–water partition coefficient (Wildman–Crippen LogP) is 2.67. The number of rotatable bonds is 5. The predicted molar refractivity (Wildman–Crippen MR) is 89.7 cm³/mol. The second-order valence-electron chi connectivity index (χ2n) is 5.63. The molecule has 6 heteroatoms. The van der Waals surface area contributed by atoms with Crippen LogP contribution < -0.4 is 4.90 Å². The Bertz CT molecular complexity index is 617.